The molecule has 0 bridgehead atoms. The first-order valence-electron chi connectivity index (χ1n) is 7.91. The van der Waals surface area contributed by atoms with Gasteiger partial charge in [-0.15, -0.1) is 5.10 Å². The molecule has 138 valence electrons. The highest BCUT2D eigenvalue weighted by Gasteiger charge is 2.20. The van der Waals surface area contributed by atoms with Crippen molar-refractivity contribution in [2.75, 3.05) is 0 Å². The molecule has 8 nitrogen and oxygen atoms in total. The minimum absolute atomic E-state index is 0.380. The summed E-state index contributed by atoms with van der Waals surface area (Å²) in [7, 11) is 0. The van der Waals surface area contributed by atoms with Crippen LogP contribution in [0.4, 0.5) is 0 Å². The Labute approximate surface area is 164 Å². The van der Waals surface area contributed by atoms with Crippen molar-refractivity contribution in [3.8, 4) is 5.69 Å². The van der Waals surface area contributed by atoms with Gasteiger partial charge in [0.05, 0.1) is 10.9 Å². The lowest BCUT2D eigenvalue weighted by molar-refractivity contribution is -0.121. The molecule has 2 aromatic carbocycles. The molecule has 3 rings (SSSR count). The van der Waals surface area contributed by atoms with E-state index in [1.807, 2.05) is 0 Å². The van der Waals surface area contributed by atoms with Crippen molar-refractivity contribution in [3.63, 3.8) is 0 Å². The molecule has 2 N–H and O–H groups in total. The Balaban J connectivity index is 1.60. The highest BCUT2D eigenvalue weighted by atomic mass is 35.5. The Morgan fingerprint density at radius 2 is 1.78 bits per heavy atom. The number of amides is 2. The minimum atomic E-state index is -0.543. The summed E-state index contributed by atoms with van der Waals surface area (Å²) in [5, 5.41) is 12.0. The third-order valence-electron chi connectivity index (χ3n) is 3.50. The van der Waals surface area contributed by atoms with Gasteiger partial charge in [-0.25, -0.2) is 0 Å². The molecule has 0 saturated carbocycles. The van der Waals surface area contributed by atoms with E-state index in [1.54, 1.807) is 61.5 Å². The number of aromatic nitrogens is 4. The zero-order valence-corrected chi connectivity index (χ0v) is 15.7. The van der Waals surface area contributed by atoms with Crippen molar-refractivity contribution in [1.82, 2.24) is 31.1 Å². The number of carbonyl (C=O) groups excluding carboxylic acids is 2. The summed E-state index contributed by atoms with van der Waals surface area (Å²) in [5.41, 5.74) is 5.96. The van der Waals surface area contributed by atoms with Crippen LogP contribution in [-0.4, -0.2) is 37.3 Å². The van der Waals surface area contributed by atoms with Crippen molar-refractivity contribution < 1.29 is 9.59 Å². The fourth-order valence-electron chi connectivity index (χ4n) is 2.09. The molecular formula is C17H15ClN6O2S. The van der Waals surface area contributed by atoms with Crippen LogP contribution < -0.4 is 10.9 Å². The van der Waals surface area contributed by atoms with Gasteiger partial charge in [-0.05, 0) is 53.7 Å². The SMILES string of the molecule is C[C@@H](Sc1nnnn1-c1ccc(Cl)cc1)C(=O)NNC(=O)c1ccccc1. The molecule has 0 aliphatic heterocycles. The van der Waals surface area contributed by atoms with Crippen LogP contribution in [0.25, 0.3) is 5.69 Å². The second-order valence-corrected chi connectivity index (χ2v) is 7.16. The standard InChI is InChI=1S/C17H15ClN6O2S/c1-11(15(25)19-20-16(26)12-5-3-2-4-6-12)27-17-21-22-23-24(17)14-9-7-13(18)8-10-14/h2-11H,1H3,(H,19,25)(H,20,26)/t11-/m1/s1. The summed E-state index contributed by atoms with van der Waals surface area (Å²) in [4.78, 5) is 24.2. The van der Waals surface area contributed by atoms with Gasteiger partial charge in [-0.3, -0.25) is 20.4 Å². The van der Waals surface area contributed by atoms with Crippen molar-refractivity contribution >= 4 is 35.2 Å². The normalized spacial score (nSPS) is 11.6. The second-order valence-electron chi connectivity index (χ2n) is 5.42. The van der Waals surface area contributed by atoms with E-state index in [0.717, 1.165) is 17.4 Å². The van der Waals surface area contributed by atoms with E-state index in [1.165, 1.54) is 4.68 Å². The quantitative estimate of drug-likeness (QED) is 0.501. The lowest BCUT2D eigenvalue weighted by Crippen LogP contribution is -2.44. The minimum Gasteiger partial charge on any atom is -0.272 e. The number of hydrogen-bond acceptors (Lipinski definition) is 6. The topological polar surface area (TPSA) is 102 Å². The largest absolute Gasteiger partial charge is 0.272 e. The van der Waals surface area contributed by atoms with Crippen molar-refractivity contribution in [3.05, 3.63) is 65.2 Å². The monoisotopic (exact) mass is 402 g/mol. The fourth-order valence-corrected chi connectivity index (χ4v) is 3.02. The molecule has 0 aliphatic rings. The molecule has 0 radical (unpaired) electrons. The summed E-state index contributed by atoms with van der Waals surface area (Å²) < 4.78 is 1.51. The van der Waals surface area contributed by atoms with E-state index in [2.05, 4.69) is 26.4 Å². The highest BCUT2D eigenvalue weighted by molar-refractivity contribution is 8.00. The maximum Gasteiger partial charge on any atom is 0.269 e. The van der Waals surface area contributed by atoms with Gasteiger partial charge in [0, 0.05) is 10.6 Å². The summed E-state index contributed by atoms with van der Waals surface area (Å²) in [6.45, 7) is 1.69. The van der Waals surface area contributed by atoms with Crippen LogP contribution in [0.5, 0.6) is 0 Å². The average Bonchev–Trinajstić information content (AvgIpc) is 3.15. The Kier molecular flexibility index (Phi) is 6.05. The Morgan fingerprint density at radius 1 is 1.07 bits per heavy atom. The van der Waals surface area contributed by atoms with Crippen molar-refractivity contribution in [1.29, 1.82) is 0 Å². The van der Waals surface area contributed by atoms with E-state index in [-0.39, 0.29) is 5.91 Å². The first kappa shape index (κ1) is 18.9. The predicted molar refractivity (Wildman–Crippen MR) is 102 cm³/mol. The van der Waals surface area contributed by atoms with Crippen LogP contribution in [0, 0.1) is 0 Å². The van der Waals surface area contributed by atoms with Crippen LogP contribution in [-0.2, 0) is 4.79 Å². The number of nitrogens with one attached hydrogen (secondary N) is 2. The molecule has 10 heteroatoms. The average molecular weight is 403 g/mol. The number of tetrazole rings is 1. The molecule has 0 aliphatic carbocycles. The summed E-state index contributed by atoms with van der Waals surface area (Å²) in [6.07, 6.45) is 0. The smallest absolute Gasteiger partial charge is 0.269 e. The molecule has 1 heterocycles. The molecule has 0 saturated heterocycles. The second kappa shape index (κ2) is 8.65. The third-order valence-corrected chi connectivity index (χ3v) is 4.78. The van der Waals surface area contributed by atoms with Crippen LogP contribution in [0.2, 0.25) is 5.02 Å². The van der Waals surface area contributed by atoms with E-state index < -0.39 is 11.2 Å². The number of rotatable bonds is 5. The molecule has 3 aromatic rings. The summed E-state index contributed by atoms with van der Waals surface area (Å²) in [5.74, 6) is -0.776. The van der Waals surface area contributed by atoms with E-state index >= 15 is 0 Å². The molecule has 0 unspecified atom stereocenters. The maximum atomic E-state index is 12.3. The van der Waals surface area contributed by atoms with Crippen LogP contribution in [0.1, 0.15) is 17.3 Å². The van der Waals surface area contributed by atoms with E-state index in [9.17, 15) is 9.59 Å². The number of benzene rings is 2. The number of carbonyl (C=O) groups is 2. The lowest BCUT2D eigenvalue weighted by atomic mass is 10.2. The van der Waals surface area contributed by atoms with Gasteiger partial charge < -0.3 is 0 Å². The molecule has 2 amide bonds. The van der Waals surface area contributed by atoms with Gasteiger partial charge in [-0.2, -0.15) is 4.68 Å². The zero-order chi connectivity index (χ0) is 19.2. The van der Waals surface area contributed by atoms with E-state index in [0.29, 0.717) is 15.7 Å². The van der Waals surface area contributed by atoms with Gasteiger partial charge in [0.2, 0.25) is 5.16 Å². The number of nitrogens with zero attached hydrogens (tertiary/aromatic N) is 4. The van der Waals surface area contributed by atoms with Crippen LogP contribution in [0.3, 0.4) is 0 Å². The first-order valence-corrected chi connectivity index (χ1v) is 9.16. The van der Waals surface area contributed by atoms with Crippen LogP contribution >= 0.6 is 23.4 Å². The third kappa shape index (κ3) is 4.83. The Bertz CT molecular complexity index is 932. The number of halogens is 1. The lowest BCUT2D eigenvalue weighted by Gasteiger charge is -2.12. The van der Waals surface area contributed by atoms with Gasteiger partial charge in [0.15, 0.2) is 0 Å². The van der Waals surface area contributed by atoms with Crippen molar-refractivity contribution in [2.24, 2.45) is 0 Å². The van der Waals surface area contributed by atoms with Crippen LogP contribution in [0.15, 0.2) is 59.8 Å². The fraction of sp³-hybridized carbons (Fsp3) is 0.118. The van der Waals surface area contributed by atoms with Crippen molar-refractivity contribution in [2.45, 2.75) is 17.3 Å². The maximum absolute atomic E-state index is 12.3. The summed E-state index contributed by atoms with van der Waals surface area (Å²) >= 11 is 7.05. The zero-order valence-electron chi connectivity index (χ0n) is 14.2. The first-order chi connectivity index (χ1) is 13.0. The van der Waals surface area contributed by atoms with E-state index in [4.69, 9.17) is 11.6 Å². The molecule has 1 atom stereocenters. The number of hydrazine groups is 1. The molecular weight excluding hydrogens is 388 g/mol. The Morgan fingerprint density at radius 3 is 2.48 bits per heavy atom. The molecule has 0 spiro atoms. The molecule has 0 fully saturated rings. The number of hydrogen-bond donors (Lipinski definition) is 2. The van der Waals surface area contributed by atoms with Gasteiger partial charge in [-0.1, -0.05) is 41.6 Å². The van der Waals surface area contributed by atoms with Gasteiger partial charge in [0.25, 0.3) is 11.8 Å². The summed E-state index contributed by atoms with van der Waals surface area (Å²) in [6, 6.07) is 15.6. The number of thioether (sulfide) groups is 1. The molecule has 1 aromatic heterocycles. The van der Waals surface area contributed by atoms with Gasteiger partial charge >= 0.3 is 0 Å². The molecule has 27 heavy (non-hydrogen) atoms. The van der Waals surface area contributed by atoms with Gasteiger partial charge in [0.1, 0.15) is 0 Å². The Hall–Kier alpha value is -2.91. The highest BCUT2D eigenvalue weighted by Crippen LogP contribution is 2.23. The predicted octanol–water partition coefficient (Wildman–Crippen LogP) is 2.26.